The van der Waals surface area contributed by atoms with Crippen molar-refractivity contribution in [3.05, 3.63) is 56.3 Å². The number of rotatable bonds is 3. The van der Waals surface area contributed by atoms with Crippen LogP contribution in [0.4, 0.5) is 0 Å². The second-order valence-electron chi connectivity index (χ2n) is 5.06. The maximum atomic E-state index is 12.1. The molecule has 2 amide bonds. The first-order chi connectivity index (χ1) is 11.0. The van der Waals surface area contributed by atoms with Gasteiger partial charge < -0.3 is 4.98 Å². The van der Waals surface area contributed by atoms with E-state index in [4.69, 9.17) is 0 Å². The number of carbonyl (C=O) groups is 2. The Morgan fingerprint density at radius 2 is 1.96 bits per heavy atom. The maximum Gasteiger partial charge on any atom is 0.279 e. The van der Waals surface area contributed by atoms with Crippen LogP contribution in [0.5, 0.6) is 0 Å². The van der Waals surface area contributed by atoms with Gasteiger partial charge in [-0.2, -0.15) is 0 Å². The average molecular weight is 392 g/mol. The van der Waals surface area contributed by atoms with Crippen LogP contribution in [0.15, 0.2) is 40.2 Å². The number of benzene rings is 1. The van der Waals surface area contributed by atoms with E-state index in [0.717, 1.165) is 25.9 Å². The molecule has 7 heteroatoms. The molecule has 0 spiro atoms. The van der Waals surface area contributed by atoms with Gasteiger partial charge in [-0.1, -0.05) is 18.2 Å². The summed E-state index contributed by atoms with van der Waals surface area (Å²) in [4.78, 5) is 27.8. The Hall–Kier alpha value is -2.12. The number of hydrogen-bond acceptors (Lipinski definition) is 3. The molecule has 0 saturated heterocycles. The summed E-state index contributed by atoms with van der Waals surface area (Å²) in [6.07, 6.45) is 0.199. The van der Waals surface area contributed by atoms with Crippen LogP contribution in [0.2, 0.25) is 0 Å². The van der Waals surface area contributed by atoms with E-state index < -0.39 is 0 Å². The van der Waals surface area contributed by atoms with Crippen molar-refractivity contribution in [3.8, 4) is 0 Å². The summed E-state index contributed by atoms with van der Waals surface area (Å²) in [5, 5.41) is 1.02. The lowest BCUT2D eigenvalue weighted by Crippen LogP contribution is -2.42. The molecule has 1 aromatic carbocycles. The van der Waals surface area contributed by atoms with E-state index >= 15 is 0 Å². The molecule has 118 valence electrons. The van der Waals surface area contributed by atoms with Gasteiger partial charge in [-0.25, -0.2) is 0 Å². The fourth-order valence-electron chi connectivity index (χ4n) is 2.39. The minimum Gasteiger partial charge on any atom is -0.358 e. The second-order valence-corrected chi connectivity index (χ2v) is 7.52. The van der Waals surface area contributed by atoms with Gasteiger partial charge in [0.05, 0.1) is 15.1 Å². The van der Waals surface area contributed by atoms with E-state index in [0.29, 0.717) is 4.88 Å². The smallest absolute Gasteiger partial charge is 0.279 e. The molecule has 0 aliphatic rings. The van der Waals surface area contributed by atoms with Crippen LogP contribution < -0.4 is 10.9 Å². The van der Waals surface area contributed by atoms with Crippen LogP contribution in [0, 0.1) is 6.92 Å². The van der Waals surface area contributed by atoms with Crippen molar-refractivity contribution in [3.63, 3.8) is 0 Å². The second kappa shape index (κ2) is 6.55. The van der Waals surface area contributed by atoms with Gasteiger partial charge in [0.15, 0.2) is 0 Å². The van der Waals surface area contributed by atoms with Crippen LogP contribution in [0.25, 0.3) is 10.9 Å². The van der Waals surface area contributed by atoms with Gasteiger partial charge in [0.2, 0.25) is 5.91 Å². The molecule has 0 unspecified atom stereocenters. The molecule has 3 aromatic rings. The summed E-state index contributed by atoms with van der Waals surface area (Å²) in [6, 6.07) is 11.3. The molecular weight excluding hydrogens is 378 g/mol. The number of carbonyl (C=O) groups excluding carboxylic acids is 2. The van der Waals surface area contributed by atoms with Crippen LogP contribution >= 0.6 is 27.3 Å². The minimum atomic E-state index is -0.329. The summed E-state index contributed by atoms with van der Waals surface area (Å²) in [5.74, 6) is -0.591. The number of amides is 2. The van der Waals surface area contributed by atoms with E-state index in [1.807, 2.05) is 31.2 Å². The Labute approximate surface area is 145 Å². The lowest BCUT2D eigenvalue weighted by Gasteiger charge is -2.06. The predicted molar refractivity (Wildman–Crippen MR) is 94.4 cm³/mol. The zero-order valence-corrected chi connectivity index (χ0v) is 14.7. The number of H-pyrrole nitrogens is 1. The molecule has 5 nitrogen and oxygen atoms in total. The minimum absolute atomic E-state index is 0.199. The normalized spacial score (nSPS) is 10.7. The molecule has 3 rings (SSSR count). The molecule has 2 heterocycles. The van der Waals surface area contributed by atoms with Crippen molar-refractivity contribution >= 4 is 50.0 Å². The van der Waals surface area contributed by atoms with Crippen molar-refractivity contribution < 1.29 is 9.59 Å². The number of hydrogen-bond donors (Lipinski definition) is 3. The number of nitrogens with one attached hydrogen (secondary N) is 3. The predicted octanol–water partition coefficient (Wildman–Crippen LogP) is 3.30. The van der Waals surface area contributed by atoms with E-state index in [-0.39, 0.29) is 18.2 Å². The summed E-state index contributed by atoms with van der Waals surface area (Å²) < 4.78 is 0.864. The van der Waals surface area contributed by atoms with Crippen molar-refractivity contribution in [2.75, 3.05) is 0 Å². The molecule has 0 aliphatic carbocycles. The lowest BCUT2D eigenvalue weighted by molar-refractivity contribution is -0.121. The number of fused-ring (bicyclic) bond motifs is 1. The van der Waals surface area contributed by atoms with Gasteiger partial charge in [0.25, 0.3) is 5.91 Å². The van der Waals surface area contributed by atoms with Crippen molar-refractivity contribution in [1.82, 2.24) is 15.8 Å². The molecule has 0 bridgehead atoms. The number of aromatic nitrogens is 1. The first-order valence-corrected chi connectivity index (χ1v) is 8.56. The van der Waals surface area contributed by atoms with Gasteiger partial charge in [0, 0.05) is 16.6 Å². The van der Waals surface area contributed by atoms with Crippen molar-refractivity contribution in [2.45, 2.75) is 13.3 Å². The van der Waals surface area contributed by atoms with Crippen molar-refractivity contribution in [1.29, 1.82) is 0 Å². The van der Waals surface area contributed by atoms with E-state index in [1.165, 1.54) is 11.3 Å². The Balaban J connectivity index is 1.65. The highest BCUT2D eigenvalue weighted by atomic mass is 79.9. The number of aryl methyl sites for hydroxylation is 1. The topological polar surface area (TPSA) is 74.0 Å². The Morgan fingerprint density at radius 1 is 1.17 bits per heavy atom. The van der Waals surface area contributed by atoms with Gasteiger partial charge in [-0.15, -0.1) is 11.3 Å². The number of thiophene rings is 1. The molecule has 0 atom stereocenters. The summed E-state index contributed by atoms with van der Waals surface area (Å²) >= 11 is 4.60. The van der Waals surface area contributed by atoms with Crippen LogP contribution in [-0.2, 0) is 11.2 Å². The molecule has 2 aromatic heterocycles. The monoisotopic (exact) mass is 391 g/mol. The third-order valence-corrected chi connectivity index (χ3v) is 5.10. The quantitative estimate of drug-likeness (QED) is 0.599. The summed E-state index contributed by atoms with van der Waals surface area (Å²) in [5.41, 5.74) is 7.78. The molecular formula is C16H14BrN3O2S. The van der Waals surface area contributed by atoms with Gasteiger partial charge in [-0.3, -0.25) is 20.4 Å². The standard InChI is InChI=1S/C16H14BrN3O2S/c1-9-11(10-4-2-3-5-12(10)18-9)8-15(21)19-20-16(22)13-6-7-14(17)23-13/h2-7,18H,8H2,1H3,(H,19,21)(H,20,22). The van der Waals surface area contributed by atoms with Gasteiger partial charge in [0.1, 0.15) is 0 Å². The van der Waals surface area contributed by atoms with E-state index in [1.54, 1.807) is 12.1 Å². The van der Waals surface area contributed by atoms with Gasteiger partial charge in [-0.05, 0) is 46.6 Å². The first kappa shape index (κ1) is 15.8. The molecule has 0 radical (unpaired) electrons. The largest absolute Gasteiger partial charge is 0.358 e. The fraction of sp³-hybridized carbons (Fsp3) is 0.125. The molecule has 23 heavy (non-hydrogen) atoms. The number of halogens is 1. The molecule has 0 saturated carbocycles. The fourth-order valence-corrected chi connectivity index (χ4v) is 3.67. The molecule has 3 N–H and O–H groups in total. The third-order valence-electron chi connectivity index (χ3n) is 3.48. The third kappa shape index (κ3) is 3.46. The number of aromatic amines is 1. The van der Waals surface area contributed by atoms with Crippen LogP contribution in [-0.4, -0.2) is 16.8 Å². The van der Waals surface area contributed by atoms with Crippen molar-refractivity contribution in [2.24, 2.45) is 0 Å². The highest BCUT2D eigenvalue weighted by Gasteiger charge is 2.14. The van der Waals surface area contributed by atoms with Crippen LogP contribution in [0.1, 0.15) is 20.9 Å². The SMILES string of the molecule is Cc1[nH]c2ccccc2c1CC(=O)NNC(=O)c1ccc(Br)s1. The number of hydrazine groups is 1. The zero-order chi connectivity index (χ0) is 16.4. The number of para-hydroxylation sites is 1. The highest BCUT2D eigenvalue weighted by Crippen LogP contribution is 2.23. The first-order valence-electron chi connectivity index (χ1n) is 6.95. The Bertz CT molecular complexity index is 884. The van der Waals surface area contributed by atoms with Gasteiger partial charge >= 0.3 is 0 Å². The summed E-state index contributed by atoms with van der Waals surface area (Å²) in [6.45, 7) is 1.93. The summed E-state index contributed by atoms with van der Waals surface area (Å²) in [7, 11) is 0. The zero-order valence-electron chi connectivity index (χ0n) is 12.3. The van der Waals surface area contributed by atoms with E-state index in [9.17, 15) is 9.59 Å². The Morgan fingerprint density at radius 3 is 2.70 bits per heavy atom. The maximum absolute atomic E-state index is 12.1. The van der Waals surface area contributed by atoms with Crippen LogP contribution in [0.3, 0.4) is 0 Å². The average Bonchev–Trinajstić information content (AvgIpc) is 3.09. The molecule has 0 fully saturated rings. The lowest BCUT2D eigenvalue weighted by atomic mass is 10.1. The Kier molecular flexibility index (Phi) is 4.49. The van der Waals surface area contributed by atoms with E-state index in [2.05, 4.69) is 31.8 Å². The highest BCUT2D eigenvalue weighted by molar-refractivity contribution is 9.11. The molecule has 0 aliphatic heterocycles.